The van der Waals surface area contributed by atoms with E-state index < -0.39 is 5.97 Å². The Hall–Kier alpha value is -1.10. The van der Waals surface area contributed by atoms with E-state index in [0.717, 1.165) is 18.9 Å². The predicted molar refractivity (Wildman–Crippen MR) is 67.1 cm³/mol. The highest BCUT2D eigenvalue weighted by Crippen LogP contribution is 2.37. The van der Waals surface area contributed by atoms with Crippen LogP contribution in [0.5, 0.6) is 0 Å². The zero-order valence-electron chi connectivity index (χ0n) is 10.9. The van der Waals surface area contributed by atoms with E-state index in [1.165, 1.54) is 26.2 Å². The molecule has 2 atom stereocenters. The van der Waals surface area contributed by atoms with E-state index in [9.17, 15) is 9.59 Å². The Morgan fingerprint density at radius 1 is 1.28 bits per heavy atom. The van der Waals surface area contributed by atoms with Gasteiger partial charge in [0.25, 0.3) is 0 Å². The maximum Gasteiger partial charge on any atom is 0.317 e. The number of rotatable bonds is 5. The number of hydrogen-bond donors (Lipinski definition) is 2. The minimum Gasteiger partial charge on any atom is -0.480 e. The minimum atomic E-state index is -0.788. The van der Waals surface area contributed by atoms with E-state index in [4.69, 9.17) is 5.11 Å². The third kappa shape index (κ3) is 4.29. The molecule has 1 aliphatic heterocycles. The van der Waals surface area contributed by atoms with Crippen LogP contribution in [0.4, 0.5) is 0 Å². The molecule has 18 heavy (non-hydrogen) atoms. The summed E-state index contributed by atoms with van der Waals surface area (Å²) in [4.78, 5) is 23.9. The normalized spacial score (nSPS) is 28.9. The molecule has 2 N–H and O–H groups in total. The number of carboxylic acids is 1. The van der Waals surface area contributed by atoms with Crippen molar-refractivity contribution in [3.05, 3.63) is 0 Å². The second-order valence-electron chi connectivity index (χ2n) is 5.77. The van der Waals surface area contributed by atoms with Crippen molar-refractivity contribution in [3.8, 4) is 0 Å². The van der Waals surface area contributed by atoms with E-state index in [0.29, 0.717) is 12.5 Å². The van der Waals surface area contributed by atoms with Gasteiger partial charge in [-0.05, 0) is 24.7 Å². The number of hydrogen-bond acceptors (Lipinski definition) is 3. The van der Waals surface area contributed by atoms with Gasteiger partial charge >= 0.3 is 5.97 Å². The second kappa shape index (κ2) is 5.69. The summed E-state index contributed by atoms with van der Waals surface area (Å²) in [6.45, 7) is 3.12. The van der Waals surface area contributed by atoms with Gasteiger partial charge in [0.15, 0.2) is 0 Å². The highest BCUT2D eigenvalue weighted by atomic mass is 16.4. The van der Waals surface area contributed by atoms with Gasteiger partial charge in [-0.25, -0.2) is 0 Å². The molecule has 0 aromatic rings. The van der Waals surface area contributed by atoms with Crippen LogP contribution in [0, 0.1) is 11.8 Å². The molecule has 2 fully saturated rings. The molecular formula is C13H22N2O3. The number of likely N-dealkylation sites (tertiary alicyclic amines) is 1. The molecule has 1 heterocycles. The fraction of sp³-hybridized carbons (Fsp3) is 0.846. The lowest BCUT2D eigenvalue weighted by molar-refractivity contribution is -0.138. The van der Waals surface area contributed by atoms with Crippen LogP contribution in [0.2, 0.25) is 0 Å². The summed E-state index contributed by atoms with van der Waals surface area (Å²) in [5.41, 5.74) is 0. The standard InChI is InChI=1S/C13H22N2O3/c1-9(16)14-12-5-11(4-10-2-3-10)6-15(7-12)8-13(17)18/h10-12H,2-8H2,1H3,(H,14,16)(H,17,18). The van der Waals surface area contributed by atoms with Gasteiger partial charge in [-0.1, -0.05) is 12.8 Å². The number of carbonyl (C=O) groups excluding carboxylic acids is 1. The average Bonchev–Trinajstić information content (AvgIpc) is 2.98. The number of aliphatic carboxylic acids is 1. The van der Waals surface area contributed by atoms with Crippen LogP contribution >= 0.6 is 0 Å². The van der Waals surface area contributed by atoms with Crippen LogP contribution in [0.1, 0.15) is 32.6 Å². The van der Waals surface area contributed by atoms with Crippen molar-refractivity contribution >= 4 is 11.9 Å². The lowest BCUT2D eigenvalue weighted by Gasteiger charge is -2.37. The first-order chi connectivity index (χ1) is 8.52. The summed E-state index contributed by atoms with van der Waals surface area (Å²) < 4.78 is 0. The maximum absolute atomic E-state index is 11.1. The topological polar surface area (TPSA) is 69.6 Å². The van der Waals surface area contributed by atoms with Crippen molar-refractivity contribution in [2.24, 2.45) is 11.8 Å². The molecule has 0 aromatic carbocycles. The zero-order chi connectivity index (χ0) is 13.1. The van der Waals surface area contributed by atoms with Gasteiger partial charge in [-0.2, -0.15) is 0 Å². The highest BCUT2D eigenvalue weighted by Gasteiger charge is 2.32. The molecule has 0 aromatic heterocycles. The van der Waals surface area contributed by atoms with Gasteiger partial charge in [-0.15, -0.1) is 0 Å². The van der Waals surface area contributed by atoms with Crippen molar-refractivity contribution in [1.29, 1.82) is 0 Å². The molecule has 5 nitrogen and oxygen atoms in total. The van der Waals surface area contributed by atoms with Crippen LogP contribution in [0.3, 0.4) is 0 Å². The van der Waals surface area contributed by atoms with Crippen LogP contribution in [-0.4, -0.2) is 47.6 Å². The Morgan fingerprint density at radius 2 is 2.00 bits per heavy atom. The van der Waals surface area contributed by atoms with Crippen LogP contribution in [0.25, 0.3) is 0 Å². The fourth-order valence-corrected chi connectivity index (χ4v) is 3.01. The van der Waals surface area contributed by atoms with Gasteiger partial charge in [0.1, 0.15) is 0 Å². The summed E-state index contributed by atoms with van der Waals surface area (Å²) in [7, 11) is 0. The molecule has 1 saturated carbocycles. The molecule has 2 rings (SSSR count). The molecule has 0 radical (unpaired) electrons. The number of amides is 1. The van der Waals surface area contributed by atoms with E-state index in [1.54, 1.807) is 0 Å². The second-order valence-corrected chi connectivity index (χ2v) is 5.77. The molecular weight excluding hydrogens is 232 g/mol. The third-order valence-electron chi connectivity index (χ3n) is 3.74. The van der Waals surface area contributed by atoms with Crippen LogP contribution in [-0.2, 0) is 9.59 Å². The minimum absolute atomic E-state index is 0.0256. The van der Waals surface area contributed by atoms with Gasteiger partial charge in [0.05, 0.1) is 6.54 Å². The molecule has 0 spiro atoms. The summed E-state index contributed by atoms with van der Waals surface area (Å²) in [6, 6.07) is 0.111. The molecule has 0 bridgehead atoms. The Morgan fingerprint density at radius 3 is 2.56 bits per heavy atom. The Labute approximate surface area is 108 Å². The number of nitrogens with zero attached hydrogens (tertiary/aromatic N) is 1. The van der Waals surface area contributed by atoms with Crippen molar-refractivity contribution < 1.29 is 14.7 Å². The van der Waals surface area contributed by atoms with Crippen molar-refractivity contribution in [1.82, 2.24) is 10.2 Å². The van der Waals surface area contributed by atoms with E-state index in [1.807, 2.05) is 4.90 Å². The summed E-state index contributed by atoms with van der Waals surface area (Å²) in [5, 5.41) is 11.8. The van der Waals surface area contributed by atoms with Crippen molar-refractivity contribution in [2.45, 2.75) is 38.6 Å². The lowest BCUT2D eigenvalue weighted by Crippen LogP contribution is -2.51. The maximum atomic E-state index is 11.1. The van der Waals surface area contributed by atoms with Gasteiger partial charge in [0.2, 0.25) is 5.91 Å². The summed E-state index contributed by atoms with van der Waals surface area (Å²) in [5.74, 6) is 0.561. The number of nitrogens with one attached hydrogen (secondary N) is 1. The molecule has 102 valence electrons. The number of carbonyl (C=O) groups is 2. The van der Waals surface area contributed by atoms with Gasteiger partial charge < -0.3 is 10.4 Å². The Kier molecular flexibility index (Phi) is 4.22. The number of carboxylic acid groups (broad SMARTS) is 1. The highest BCUT2D eigenvalue weighted by molar-refractivity contribution is 5.73. The van der Waals surface area contributed by atoms with E-state index in [-0.39, 0.29) is 18.5 Å². The lowest BCUT2D eigenvalue weighted by atomic mass is 9.89. The molecule has 2 aliphatic rings. The van der Waals surface area contributed by atoms with Crippen molar-refractivity contribution in [2.75, 3.05) is 19.6 Å². The van der Waals surface area contributed by atoms with E-state index >= 15 is 0 Å². The zero-order valence-corrected chi connectivity index (χ0v) is 10.9. The largest absolute Gasteiger partial charge is 0.480 e. The summed E-state index contributed by atoms with van der Waals surface area (Å²) in [6.07, 6.45) is 4.82. The molecule has 5 heteroatoms. The quantitative estimate of drug-likeness (QED) is 0.757. The molecule has 1 saturated heterocycles. The van der Waals surface area contributed by atoms with Gasteiger partial charge in [0, 0.05) is 26.1 Å². The predicted octanol–water partition coefficient (Wildman–Crippen LogP) is 0.698. The first-order valence-corrected chi connectivity index (χ1v) is 6.74. The van der Waals surface area contributed by atoms with Crippen molar-refractivity contribution in [3.63, 3.8) is 0 Å². The van der Waals surface area contributed by atoms with Crippen LogP contribution in [0.15, 0.2) is 0 Å². The average molecular weight is 254 g/mol. The Balaban J connectivity index is 1.89. The van der Waals surface area contributed by atoms with Gasteiger partial charge in [-0.3, -0.25) is 14.5 Å². The molecule has 1 aliphatic carbocycles. The Bertz CT molecular complexity index is 304. The smallest absolute Gasteiger partial charge is 0.317 e. The third-order valence-corrected chi connectivity index (χ3v) is 3.74. The number of piperidine rings is 1. The summed E-state index contributed by atoms with van der Waals surface area (Å²) >= 11 is 0. The monoisotopic (exact) mass is 254 g/mol. The molecule has 2 unspecified atom stereocenters. The first-order valence-electron chi connectivity index (χ1n) is 6.74. The molecule has 1 amide bonds. The van der Waals surface area contributed by atoms with E-state index in [2.05, 4.69) is 5.32 Å². The van der Waals surface area contributed by atoms with Crippen LogP contribution < -0.4 is 5.32 Å². The fourth-order valence-electron chi connectivity index (χ4n) is 3.01. The first kappa shape index (κ1) is 13.3. The SMILES string of the molecule is CC(=O)NC1CC(CC2CC2)CN(CC(=O)O)C1.